The molecule has 8 nitrogen and oxygen atoms in total. The Labute approximate surface area is 185 Å². The molecule has 0 aliphatic carbocycles. The molecule has 0 radical (unpaired) electrons. The third-order valence-electron chi connectivity index (χ3n) is 5.19. The number of imidazole rings is 1. The van der Waals surface area contributed by atoms with Crippen molar-refractivity contribution in [2.45, 2.75) is 38.1 Å². The van der Waals surface area contributed by atoms with Crippen molar-refractivity contribution in [1.82, 2.24) is 24.1 Å². The largest absolute Gasteiger partial charge is 0.483 e. The van der Waals surface area contributed by atoms with Gasteiger partial charge in [0, 0.05) is 28.4 Å². The molecule has 1 unspecified atom stereocenters. The number of alkyl halides is 1. The molecule has 3 atom stereocenters. The Morgan fingerprint density at radius 2 is 2.23 bits per heavy atom. The van der Waals surface area contributed by atoms with E-state index >= 15 is 4.39 Å². The molecule has 0 bridgehead atoms. The second-order valence-electron chi connectivity index (χ2n) is 7.15. The van der Waals surface area contributed by atoms with Gasteiger partial charge in [0.05, 0.1) is 23.3 Å². The molecule has 1 fully saturated rings. The lowest BCUT2D eigenvalue weighted by atomic mass is 10.0. The minimum atomic E-state index is -1.46. The molecular formula is C20H19ClFN5O3S. The van der Waals surface area contributed by atoms with Crippen LogP contribution in [0.25, 0.3) is 21.9 Å². The van der Waals surface area contributed by atoms with E-state index in [1.165, 1.54) is 0 Å². The van der Waals surface area contributed by atoms with Gasteiger partial charge in [0.1, 0.15) is 11.2 Å². The lowest BCUT2D eigenvalue weighted by molar-refractivity contribution is -0.122. The van der Waals surface area contributed by atoms with Crippen molar-refractivity contribution >= 4 is 51.5 Å². The predicted octanol–water partition coefficient (Wildman–Crippen LogP) is 4.59. The molecule has 0 spiro atoms. The number of aromatic nitrogens is 5. The minimum absolute atomic E-state index is 0.0678. The van der Waals surface area contributed by atoms with Gasteiger partial charge < -0.3 is 14.4 Å². The maximum Gasteiger partial charge on any atom is 0.290 e. The molecule has 3 aromatic heterocycles. The summed E-state index contributed by atoms with van der Waals surface area (Å²) in [6, 6.07) is 5.62. The molecule has 1 aliphatic heterocycles. The summed E-state index contributed by atoms with van der Waals surface area (Å²) < 4.78 is 27.0. The van der Waals surface area contributed by atoms with Gasteiger partial charge in [-0.05, 0) is 49.5 Å². The van der Waals surface area contributed by atoms with Crippen LogP contribution in [0.5, 0.6) is 0 Å². The van der Waals surface area contributed by atoms with Crippen LogP contribution in [0.4, 0.5) is 4.39 Å². The molecule has 11 heteroatoms. The van der Waals surface area contributed by atoms with E-state index in [9.17, 15) is 0 Å². The number of hydrogen-bond donors (Lipinski definition) is 1. The molecule has 0 amide bonds. The third-order valence-corrected chi connectivity index (χ3v) is 5.95. The summed E-state index contributed by atoms with van der Waals surface area (Å²) in [5.41, 5.74) is 2.58. The molecule has 0 saturated carbocycles. The first kappa shape index (κ1) is 21.5. The maximum absolute atomic E-state index is 15.5. The van der Waals surface area contributed by atoms with E-state index in [2.05, 4.69) is 19.6 Å². The van der Waals surface area contributed by atoms with E-state index in [1.54, 1.807) is 17.6 Å². The van der Waals surface area contributed by atoms with E-state index in [0.29, 0.717) is 23.0 Å². The van der Waals surface area contributed by atoms with Crippen LogP contribution in [0, 0.1) is 0 Å². The van der Waals surface area contributed by atoms with Crippen LogP contribution in [-0.2, 0) is 9.53 Å². The second kappa shape index (κ2) is 9.21. The first-order valence-electron chi connectivity index (χ1n) is 9.60. The normalized spacial score (nSPS) is 19.7. The van der Waals surface area contributed by atoms with E-state index in [4.69, 9.17) is 26.2 Å². The van der Waals surface area contributed by atoms with Gasteiger partial charge in [0.2, 0.25) is 6.17 Å². The molecular weight excluding hydrogens is 445 g/mol. The Bertz CT molecular complexity index is 1200. The Kier molecular flexibility index (Phi) is 6.40. The quantitative estimate of drug-likeness (QED) is 0.443. The molecule has 1 N–H and O–H groups in total. The topological polar surface area (TPSA) is 103 Å². The van der Waals surface area contributed by atoms with E-state index in [0.717, 1.165) is 40.8 Å². The number of hydrogen-bond acceptors (Lipinski definition) is 7. The summed E-state index contributed by atoms with van der Waals surface area (Å²) >= 11 is 7.39. The van der Waals surface area contributed by atoms with Crippen LogP contribution >= 0.6 is 23.1 Å². The SMILES string of the molecule is C[C@@H]1C[C@H](n2c(C(F)c3csnn3)nc3cnc4ccc(Cl)cc4c32)CCO1.O=CO. The number of nitrogens with zero attached hydrogens (tertiary/aromatic N) is 5. The van der Waals surface area contributed by atoms with Crippen LogP contribution in [0.2, 0.25) is 5.02 Å². The summed E-state index contributed by atoms with van der Waals surface area (Å²) in [7, 11) is 0. The van der Waals surface area contributed by atoms with E-state index < -0.39 is 6.17 Å². The number of fused-ring (bicyclic) bond motifs is 3. The third kappa shape index (κ3) is 4.23. The summed E-state index contributed by atoms with van der Waals surface area (Å²) in [6.07, 6.45) is 1.90. The highest BCUT2D eigenvalue weighted by molar-refractivity contribution is 7.03. The van der Waals surface area contributed by atoms with Crippen LogP contribution in [0.15, 0.2) is 29.8 Å². The van der Waals surface area contributed by atoms with Crippen LogP contribution in [0.3, 0.4) is 0 Å². The van der Waals surface area contributed by atoms with Crippen molar-refractivity contribution in [1.29, 1.82) is 0 Å². The smallest absolute Gasteiger partial charge is 0.290 e. The number of pyridine rings is 1. The molecule has 1 aromatic carbocycles. The van der Waals surface area contributed by atoms with Gasteiger partial charge in [-0.3, -0.25) is 9.78 Å². The van der Waals surface area contributed by atoms with Gasteiger partial charge >= 0.3 is 0 Å². The monoisotopic (exact) mass is 463 g/mol. The Balaban J connectivity index is 0.000000730. The summed E-state index contributed by atoms with van der Waals surface area (Å²) in [6.45, 7) is 2.42. The first-order valence-corrected chi connectivity index (χ1v) is 10.8. The molecule has 5 rings (SSSR count). The lowest BCUT2D eigenvalue weighted by Gasteiger charge is -2.30. The van der Waals surface area contributed by atoms with Crippen molar-refractivity contribution < 1.29 is 19.0 Å². The Morgan fingerprint density at radius 1 is 1.42 bits per heavy atom. The Hall–Kier alpha value is -2.69. The van der Waals surface area contributed by atoms with Gasteiger partial charge in [-0.15, -0.1) is 5.10 Å². The van der Waals surface area contributed by atoms with Crippen molar-refractivity contribution in [3.05, 3.63) is 46.3 Å². The molecule has 4 aromatic rings. The highest BCUT2D eigenvalue weighted by atomic mass is 35.5. The fraction of sp³-hybridized carbons (Fsp3) is 0.350. The zero-order chi connectivity index (χ0) is 22.0. The van der Waals surface area contributed by atoms with Crippen LogP contribution in [-0.4, -0.2) is 48.4 Å². The molecule has 4 heterocycles. The van der Waals surface area contributed by atoms with Gasteiger partial charge in [-0.1, -0.05) is 16.1 Å². The summed E-state index contributed by atoms with van der Waals surface area (Å²) in [4.78, 5) is 17.5. The van der Waals surface area contributed by atoms with Gasteiger partial charge in [-0.25, -0.2) is 9.37 Å². The minimum Gasteiger partial charge on any atom is -0.483 e. The summed E-state index contributed by atoms with van der Waals surface area (Å²) in [5.74, 6) is 0.330. The number of carboxylic acid groups (broad SMARTS) is 1. The number of rotatable bonds is 3. The average Bonchev–Trinajstić information content (AvgIpc) is 3.42. The van der Waals surface area contributed by atoms with Gasteiger partial charge in [-0.2, -0.15) is 0 Å². The zero-order valence-electron chi connectivity index (χ0n) is 16.5. The number of benzene rings is 1. The predicted molar refractivity (Wildman–Crippen MR) is 115 cm³/mol. The van der Waals surface area contributed by atoms with Gasteiger partial charge in [0.15, 0.2) is 5.82 Å². The summed E-state index contributed by atoms with van der Waals surface area (Å²) in [5, 5.41) is 13.9. The second-order valence-corrected chi connectivity index (χ2v) is 8.20. The number of ether oxygens (including phenoxy) is 1. The molecule has 162 valence electrons. The standard InChI is InChI=1S/C19H17ClFN5OS.CH2O2/c1-10-6-12(4-5-27-10)26-18-13-7-11(20)2-3-14(13)22-8-15(18)23-19(26)17(21)16-9-28-25-24-16;2-1-3/h2-3,7-10,12,17H,4-6H2,1H3;1H,(H,2,3)/t10-,12-,17?;/m1./s1. The van der Waals surface area contributed by atoms with Crippen LogP contribution in [0.1, 0.15) is 43.5 Å². The average molecular weight is 464 g/mol. The highest BCUT2D eigenvalue weighted by Crippen LogP contribution is 2.38. The maximum atomic E-state index is 15.5. The van der Waals surface area contributed by atoms with Crippen molar-refractivity contribution in [3.8, 4) is 0 Å². The molecule has 1 saturated heterocycles. The van der Waals surface area contributed by atoms with Crippen molar-refractivity contribution in [2.24, 2.45) is 0 Å². The molecule has 31 heavy (non-hydrogen) atoms. The van der Waals surface area contributed by atoms with Gasteiger partial charge in [0.25, 0.3) is 6.47 Å². The highest BCUT2D eigenvalue weighted by Gasteiger charge is 2.31. The van der Waals surface area contributed by atoms with Crippen LogP contribution < -0.4 is 0 Å². The molecule has 1 aliphatic rings. The van der Waals surface area contributed by atoms with Crippen molar-refractivity contribution in [3.63, 3.8) is 0 Å². The Morgan fingerprint density at radius 3 is 2.94 bits per heavy atom. The fourth-order valence-electron chi connectivity index (χ4n) is 3.94. The number of carbonyl (C=O) groups is 1. The van der Waals surface area contributed by atoms with E-state index in [-0.39, 0.29) is 24.3 Å². The lowest BCUT2D eigenvalue weighted by Crippen LogP contribution is -2.27. The number of halogens is 2. The van der Waals surface area contributed by atoms with Crippen molar-refractivity contribution in [2.75, 3.05) is 6.61 Å². The fourth-order valence-corrected chi connectivity index (χ4v) is 4.57. The first-order chi connectivity index (χ1) is 15.0. The zero-order valence-corrected chi connectivity index (χ0v) is 18.1. The van der Waals surface area contributed by atoms with E-state index in [1.807, 2.05) is 23.6 Å².